The van der Waals surface area contributed by atoms with Gasteiger partial charge in [-0.25, -0.2) is 4.39 Å². The number of pyridine rings is 1. The van der Waals surface area contributed by atoms with Gasteiger partial charge < -0.3 is 9.64 Å². The number of nitrogens with one attached hydrogen (secondary N) is 1. The van der Waals surface area contributed by atoms with Gasteiger partial charge in [-0.2, -0.15) is 0 Å². The monoisotopic (exact) mass is 488 g/mol. The summed E-state index contributed by atoms with van der Waals surface area (Å²) in [5.74, 6) is -1.72. The van der Waals surface area contributed by atoms with Crippen molar-refractivity contribution in [2.75, 3.05) is 13.1 Å². The Morgan fingerprint density at radius 2 is 1.92 bits per heavy atom. The number of amides is 3. The van der Waals surface area contributed by atoms with Crippen LogP contribution in [0.15, 0.2) is 48.7 Å². The summed E-state index contributed by atoms with van der Waals surface area (Å²) in [7, 11) is 0. The van der Waals surface area contributed by atoms with Crippen molar-refractivity contribution < 1.29 is 23.5 Å². The average molecular weight is 489 g/mol. The van der Waals surface area contributed by atoms with Crippen molar-refractivity contribution in [1.29, 1.82) is 0 Å². The minimum absolute atomic E-state index is 0.113. The Labute approximate surface area is 207 Å². The van der Waals surface area contributed by atoms with Gasteiger partial charge in [-0.05, 0) is 42.0 Å². The van der Waals surface area contributed by atoms with E-state index in [1.807, 2.05) is 24.4 Å². The molecule has 9 heteroatoms. The molecule has 4 heterocycles. The highest BCUT2D eigenvalue weighted by Gasteiger charge is 2.40. The number of rotatable bonds is 5. The van der Waals surface area contributed by atoms with Crippen LogP contribution in [0.3, 0.4) is 0 Å². The molecule has 2 aromatic carbocycles. The van der Waals surface area contributed by atoms with Crippen molar-refractivity contribution in [2.45, 2.75) is 44.5 Å². The molecule has 2 atom stereocenters. The number of halogens is 1. The van der Waals surface area contributed by atoms with Crippen molar-refractivity contribution in [3.05, 3.63) is 71.3 Å². The van der Waals surface area contributed by atoms with Crippen LogP contribution < -0.4 is 10.1 Å². The van der Waals surface area contributed by atoms with E-state index >= 15 is 0 Å². The highest BCUT2D eigenvalue weighted by atomic mass is 19.1. The zero-order valence-electron chi connectivity index (χ0n) is 19.6. The van der Waals surface area contributed by atoms with Gasteiger partial charge in [0, 0.05) is 49.7 Å². The minimum Gasteiger partial charge on any atom is -0.486 e. The number of benzene rings is 2. The Balaban J connectivity index is 1.11. The smallest absolute Gasteiger partial charge is 0.255 e. The zero-order valence-corrected chi connectivity index (χ0v) is 19.6. The number of fused-ring (bicyclic) bond motifs is 2. The number of aromatic nitrogens is 1. The summed E-state index contributed by atoms with van der Waals surface area (Å²) in [6.45, 7) is 2.33. The number of piperidine rings is 1. The molecule has 6 rings (SSSR count). The van der Waals surface area contributed by atoms with Crippen LogP contribution in [0, 0.1) is 5.82 Å². The fourth-order valence-electron chi connectivity index (χ4n) is 5.32. The molecule has 3 amide bonds. The minimum atomic E-state index is -0.734. The summed E-state index contributed by atoms with van der Waals surface area (Å²) in [6, 6.07) is 12.2. The molecule has 0 radical (unpaired) electrons. The van der Waals surface area contributed by atoms with Crippen molar-refractivity contribution in [2.24, 2.45) is 0 Å². The lowest BCUT2D eigenvalue weighted by atomic mass is 10.0. The summed E-state index contributed by atoms with van der Waals surface area (Å²) in [5, 5.41) is 4.53. The zero-order chi connectivity index (χ0) is 24.8. The molecule has 184 valence electrons. The quantitative estimate of drug-likeness (QED) is 0.556. The van der Waals surface area contributed by atoms with E-state index in [-0.39, 0.29) is 42.7 Å². The Hall–Kier alpha value is -3.85. The largest absolute Gasteiger partial charge is 0.486 e. The van der Waals surface area contributed by atoms with Gasteiger partial charge in [0.15, 0.2) is 11.6 Å². The van der Waals surface area contributed by atoms with E-state index in [1.165, 1.54) is 11.0 Å². The predicted molar refractivity (Wildman–Crippen MR) is 128 cm³/mol. The molecule has 2 unspecified atom stereocenters. The predicted octanol–water partition coefficient (Wildman–Crippen LogP) is 2.79. The normalized spacial score (nSPS) is 22.2. The van der Waals surface area contributed by atoms with E-state index in [4.69, 9.17) is 4.74 Å². The maximum absolute atomic E-state index is 14.9. The highest BCUT2D eigenvalue weighted by Crippen LogP contribution is 2.33. The molecule has 36 heavy (non-hydrogen) atoms. The van der Waals surface area contributed by atoms with Crippen LogP contribution in [0.25, 0.3) is 10.8 Å². The van der Waals surface area contributed by atoms with Crippen molar-refractivity contribution in [1.82, 2.24) is 20.1 Å². The van der Waals surface area contributed by atoms with E-state index in [9.17, 15) is 18.8 Å². The molecule has 0 spiro atoms. The van der Waals surface area contributed by atoms with Gasteiger partial charge in [0.05, 0.1) is 5.69 Å². The first-order valence-corrected chi connectivity index (χ1v) is 12.1. The summed E-state index contributed by atoms with van der Waals surface area (Å²) in [4.78, 5) is 44.8. The van der Waals surface area contributed by atoms with Gasteiger partial charge in [-0.3, -0.25) is 29.6 Å². The molecule has 3 aromatic rings. The van der Waals surface area contributed by atoms with Gasteiger partial charge >= 0.3 is 0 Å². The van der Waals surface area contributed by atoms with E-state index < -0.39 is 23.7 Å². The van der Waals surface area contributed by atoms with E-state index in [0.717, 1.165) is 29.4 Å². The number of carbonyl (C=O) groups excluding carboxylic acids is 3. The Morgan fingerprint density at radius 3 is 2.75 bits per heavy atom. The van der Waals surface area contributed by atoms with Crippen LogP contribution in [0.1, 0.15) is 40.9 Å². The molecule has 1 aromatic heterocycles. The molecule has 3 aliphatic heterocycles. The number of imide groups is 1. The van der Waals surface area contributed by atoms with E-state index in [0.29, 0.717) is 18.7 Å². The first-order chi connectivity index (χ1) is 17.4. The van der Waals surface area contributed by atoms with Gasteiger partial charge in [0.25, 0.3) is 5.91 Å². The lowest BCUT2D eigenvalue weighted by molar-refractivity contribution is -0.136. The number of hydrogen-bond donors (Lipinski definition) is 1. The molecule has 2 fully saturated rings. The fourth-order valence-corrected chi connectivity index (χ4v) is 5.32. The highest BCUT2D eigenvalue weighted by molar-refractivity contribution is 6.05. The van der Waals surface area contributed by atoms with Crippen LogP contribution >= 0.6 is 0 Å². The number of carbonyl (C=O) groups is 3. The number of ether oxygens (including phenoxy) is 1. The van der Waals surface area contributed by atoms with Crippen LogP contribution in [-0.4, -0.2) is 57.7 Å². The average Bonchev–Trinajstić information content (AvgIpc) is 3.43. The summed E-state index contributed by atoms with van der Waals surface area (Å²) < 4.78 is 20.9. The summed E-state index contributed by atoms with van der Waals surface area (Å²) in [6.07, 6.45) is 2.90. The van der Waals surface area contributed by atoms with Crippen LogP contribution in [0.4, 0.5) is 4.39 Å². The fraction of sp³-hybridized carbons (Fsp3) is 0.333. The lowest BCUT2D eigenvalue weighted by Gasteiger charge is -2.29. The number of hydrogen-bond acceptors (Lipinski definition) is 6. The third kappa shape index (κ3) is 4.19. The summed E-state index contributed by atoms with van der Waals surface area (Å²) in [5.41, 5.74) is 1.83. The SMILES string of the molecule is O=C1CCC(N2Cc3cc(OC4CCN(Cc5cc6ccccc6cn5)C4)c(F)cc3C2=O)C(=O)N1. The molecule has 0 aliphatic carbocycles. The topological polar surface area (TPSA) is 91.8 Å². The molecule has 0 saturated carbocycles. The van der Waals surface area contributed by atoms with Gasteiger partial charge in [-0.1, -0.05) is 24.3 Å². The lowest BCUT2D eigenvalue weighted by Crippen LogP contribution is -2.52. The first kappa shape index (κ1) is 22.6. The van der Waals surface area contributed by atoms with Gasteiger partial charge in [-0.15, -0.1) is 0 Å². The van der Waals surface area contributed by atoms with Crippen molar-refractivity contribution in [3.63, 3.8) is 0 Å². The Morgan fingerprint density at radius 1 is 1.08 bits per heavy atom. The molecule has 1 N–H and O–H groups in total. The maximum atomic E-state index is 14.9. The van der Waals surface area contributed by atoms with Gasteiger partial charge in [0.2, 0.25) is 11.8 Å². The van der Waals surface area contributed by atoms with E-state index in [1.54, 1.807) is 6.07 Å². The second-order valence-corrected chi connectivity index (χ2v) is 9.63. The van der Waals surface area contributed by atoms with Crippen LogP contribution in [-0.2, 0) is 22.7 Å². The Kier molecular flexibility index (Phi) is 5.64. The van der Waals surface area contributed by atoms with Crippen molar-refractivity contribution in [3.8, 4) is 5.75 Å². The number of likely N-dealkylation sites (tertiary alicyclic amines) is 1. The second kappa shape index (κ2) is 8.98. The molecule has 2 saturated heterocycles. The Bertz CT molecular complexity index is 1390. The maximum Gasteiger partial charge on any atom is 0.255 e. The molecular weight excluding hydrogens is 463 g/mol. The second-order valence-electron chi connectivity index (χ2n) is 9.63. The summed E-state index contributed by atoms with van der Waals surface area (Å²) >= 11 is 0. The van der Waals surface area contributed by atoms with Gasteiger partial charge in [0.1, 0.15) is 12.1 Å². The van der Waals surface area contributed by atoms with Crippen LogP contribution in [0.2, 0.25) is 0 Å². The first-order valence-electron chi connectivity index (χ1n) is 12.1. The third-order valence-corrected chi connectivity index (χ3v) is 7.17. The van der Waals surface area contributed by atoms with Crippen molar-refractivity contribution >= 4 is 28.5 Å². The molecule has 8 nitrogen and oxygen atoms in total. The van der Waals surface area contributed by atoms with Crippen LogP contribution in [0.5, 0.6) is 5.75 Å². The third-order valence-electron chi connectivity index (χ3n) is 7.17. The number of nitrogens with zero attached hydrogens (tertiary/aromatic N) is 3. The molecule has 3 aliphatic rings. The molecular formula is C27H25FN4O4. The molecule has 0 bridgehead atoms. The standard InChI is InChI=1S/C27H25FN4O4/c28-22-11-21-18(13-32(27(21)35)23-5-6-25(33)30-26(23)34)10-24(22)36-20-7-8-31(15-20)14-19-9-16-3-1-2-4-17(16)12-29-19/h1-4,9-12,20,23H,5-8,13-15H2,(H,30,33,34). The van der Waals surface area contributed by atoms with E-state index in [2.05, 4.69) is 27.3 Å².